The zero-order valence-corrected chi connectivity index (χ0v) is 14.4. The molecule has 0 aliphatic heterocycles. The van der Waals surface area contributed by atoms with Crippen molar-refractivity contribution in [1.82, 2.24) is 19.6 Å². The Labute approximate surface area is 150 Å². The van der Waals surface area contributed by atoms with Crippen LogP contribution in [0.3, 0.4) is 0 Å². The van der Waals surface area contributed by atoms with Gasteiger partial charge >= 0.3 is 0 Å². The largest absolute Gasteiger partial charge is 0.366 e. The Hall–Kier alpha value is -3.41. The molecular formula is C20H19N5O. The summed E-state index contributed by atoms with van der Waals surface area (Å²) in [6, 6.07) is 15.5. The molecule has 0 aliphatic rings. The van der Waals surface area contributed by atoms with Gasteiger partial charge in [-0.1, -0.05) is 37.3 Å². The Morgan fingerprint density at radius 3 is 2.77 bits per heavy atom. The number of benzene rings is 1. The standard InChI is InChI=1S/C20H19N5O/c1-2-15-13-23-25-18(22-12-14-8-9-21-19(26)10-14)11-17(24-20(15)25)16-6-4-3-5-7-16/h3-11,13,22H,2,12H2,1H3,(H,21,26). The summed E-state index contributed by atoms with van der Waals surface area (Å²) < 4.78 is 1.82. The van der Waals surface area contributed by atoms with Crippen molar-refractivity contribution in [3.05, 3.63) is 82.4 Å². The molecule has 3 heterocycles. The van der Waals surface area contributed by atoms with E-state index in [1.165, 1.54) is 0 Å². The molecule has 0 radical (unpaired) electrons. The van der Waals surface area contributed by atoms with E-state index in [2.05, 4.69) is 22.3 Å². The molecule has 6 heteroatoms. The van der Waals surface area contributed by atoms with Crippen LogP contribution in [0.2, 0.25) is 0 Å². The van der Waals surface area contributed by atoms with Gasteiger partial charge in [-0.2, -0.15) is 9.61 Å². The second kappa shape index (κ2) is 6.84. The summed E-state index contributed by atoms with van der Waals surface area (Å²) in [7, 11) is 0. The van der Waals surface area contributed by atoms with Crippen LogP contribution in [-0.2, 0) is 13.0 Å². The third kappa shape index (κ3) is 3.09. The minimum atomic E-state index is -0.110. The Kier molecular flexibility index (Phi) is 4.23. The van der Waals surface area contributed by atoms with E-state index in [1.54, 1.807) is 12.3 Å². The van der Waals surface area contributed by atoms with E-state index in [1.807, 2.05) is 53.2 Å². The Morgan fingerprint density at radius 1 is 1.15 bits per heavy atom. The van der Waals surface area contributed by atoms with Gasteiger partial charge in [0.1, 0.15) is 5.82 Å². The molecule has 26 heavy (non-hydrogen) atoms. The molecule has 0 unspecified atom stereocenters. The van der Waals surface area contributed by atoms with Crippen molar-refractivity contribution < 1.29 is 0 Å². The smallest absolute Gasteiger partial charge is 0.248 e. The van der Waals surface area contributed by atoms with Gasteiger partial charge in [-0.25, -0.2) is 4.98 Å². The van der Waals surface area contributed by atoms with Crippen molar-refractivity contribution in [2.75, 3.05) is 5.32 Å². The number of nitrogens with one attached hydrogen (secondary N) is 2. The van der Waals surface area contributed by atoms with E-state index >= 15 is 0 Å². The summed E-state index contributed by atoms with van der Waals surface area (Å²) in [6.45, 7) is 2.62. The van der Waals surface area contributed by atoms with Crippen molar-refractivity contribution in [2.24, 2.45) is 0 Å². The molecule has 2 N–H and O–H groups in total. The van der Waals surface area contributed by atoms with Crippen LogP contribution in [0.1, 0.15) is 18.1 Å². The van der Waals surface area contributed by atoms with E-state index < -0.39 is 0 Å². The van der Waals surface area contributed by atoms with Crippen molar-refractivity contribution in [3.63, 3.8) is 0 Å². The molecule has 4 aromatic rings. The lowest BCUT2D eigenvalue weighted by Gasteiger charge is -2.11. The SMILES string of the molecule is CCc1cnn2c(NCc3cc[nH]c(=O)c3)cc(-c3ccccc3)nc12. The van der Waals surface area contributed by atoms with Crippen LogP contribution in [0.5, 0.6) is 0 Å². The van der Waals surface area contributed by atoms with E-state index in [9.17, 15) is 4.79 Å². The summed E-state index contributed by atoms with van der Waals surface area (Å²) in [6.07, 6.45) is 4.37. The first-order chi connectivity index (χ1) is 12.7. The number of nitrogens with zero attached hydrogens (tertiary/aromatic N) is 3. The predicted molar refractivity (Wildman–Crippen MR) is 102 cm³/mol. The van der Waals surface area contributed by atoms with Crippen LogP contribution in [0, 0.1) is 0 Å². The molecule has 6 nitrogen and oxygen atoms in total. The van der Waals surface area contributed by atoms with Crippen LogP contribution in [-0.4, -0.2) is 19.6 Å². The summed E-state index contributed by atoms with van der Waals surface area (Å²) in [5.41, 5.74) is 4.69. The Morgan fingerprint density at radius 2 is 2.00 bits per heavy atom. The van der Waals surface area contributed by atoms with Gasteiger partial charge in [0.2, 0.25) is 5.56 Å². The monoisotopic (exact) mass is 345 g/mol. The molecule has 0 atom stereocenters. The Balaban J connectivity index is 1.77. The zero-order chi connectivity index (χ0) is 17.9. The van der Waals surface area contributed by atoms with Gasteiger partial charge < -0.3 is 10.3 Å². The molecule has 4 rings (SSSR count). The highest BCUT2D eigenvalue weighted by Crippen LogP contribution is 2.24. The second-order valence-corrected chi connectivity index (χ2v) is 6.07. The average Bonchev–Trinajstić information content (AvgIpc) is 3.10. The maximum Gasteiger partial charge on any atom is 0.248 e. The number of aromatic nitrogens is 4. The van der Waals surface area contributed by atoms with E-state index in [-0.39, 0.29) is 5.56 Å². The predicted octanol–water partition coefficient (Wildman–Crippen LogP) is 3.26. The molecule has 3 aromatic heterocycles. The average molecular weight is 345 g/mol. The maximum absolute atomic E-state index is 11.5. The second-order valence-electron chi connectivity index (χ2n) is 6.07. The number of aromatic amines is 1. The van der Waals surface area contributed by atoms with Crippen LogP contribution in [0.4, 0.5) is 5.82 Å². The first-order valence-corrected chi connectivity index (χ1v) is 8.59. The van der Waals surface area contributed by atoms with E-state index in [0.717, 1.165) is 40.3 Å². The summed E-state index contributed by atoms with van der Waals surface area (Å²) in [5.74, 6) is 0.842. The van der Waals surface area contributed by atoms with Gasteiger partial charge in [0, 0.05) is 36.0 Å². The third-order valence-corrected chi connectivity index (χ3v) is 4.31. The lowest BCUT2D eigenvalue weighted by atomic mass is 10.1. The molecule has 0 amide bonds. The molecule has 0 saturated carbocycles. The van der Waals surface area contributed by atoms with Gasteiger partial charge in [0.25, 0.3) is 0 Å². The first-order valence-electron chi connectivity index (χ1n) is 8.59. The summed E-state index contributed by atoms with van der Waals surface area (Å²) >= 11 is 0. The van der Waals surface area contributed by atoms with Gasteiger partial charge in [0.15, 0.2) is 5.65 Å². The number of fused-ring (bicyclic) bond motifs is 1. The molecule has 0 spiro atoms. The number of H-pyrrole nitrogens is 1. The first kappa shape index (κ1) is 16.1. The number of anilines is 1. The molecule has 0 saturated heterocycles. The fraction of sp³-hybridized carbons (Fsp3) is 0.150. The number of hydrogen-bond acceptors (Lipinski definition) is 4. The van der Waals surface area contributed by atoms with Crippen molar-refractivity contribution in [3.8, 4) is 11.3 Å². The van der Waals surface area contributed by atoms with E-state index in [4.69, 9.17) is 4.98 Å². The van der Waals surface area contributed by atoms with Gasteiger partial charge in [0.05, 0.1) is 11.9 Å². The fourth-order valence-corrected chi connectivity index (χ4v) is 2.93. The fourth-order valence-electron chi connectivity index (χ4n) is 2.93. The highest BCUT2D eigenvalue weighted by molar-refractivity contribution is 5.67. The molecule has 0 fully saturated rings. The quantitative estimate of drug-likeness (QED) is 0.582. The van der Waals surface area contributed by atoms with Crippen LogP contribution >= 0.6 is 0 Å². The minimum Gasteiger partial charge on any atom is -0.366 e. The molecule has 130 valence electrons. The third-order valence-electron chi connectivity index (χ3n) is 4.31. The topological polar surface area (TPSA) is 75.1 Å². The van der Waals surface area contributed by atoms with Crippen molar-refractivity contribution in [1.29, 1.82) is 0 Å². The number of rotatable bonds is 5. The Bertz CT molecular complexity index is 1100. The number of aryl methyl sites for hydroxylation is 1. The summed E-state index contributed by atoms with van der Waals surface area (Å²) in [5, 5.41) is 7.86. The molecular weight excluding hydrogens is 326 g/mol. The zero-order valence-electron chi connectivity index (χ0n) is 14.4. The maximum atomic E-state index is 11.5. The normalized spacial score (nSPS) is 11.0. The number of pyridine rings is 1. The molecule has 0 bridgehead atoms. The number of hydrogen-bond donors (Lipinski definition) is 2. The van der Waals surface area contributed by atoms with E-state index in [0.29, 0.717) is 6.54 Å². The van der Waals surface area contributed by atoms with Crippen molar-refractivity contribution in [2.45, 2.75) is 19.9 Å². The van der Waals surface area contributed by atoms with Gasteiger partial charge in [-0.3, -0.25) is 4.79 Å². The van der Waals surface area contributed by atoms with Crippen LogP contribution in [0.25, 0.3) is 16.9 Å². The minimum absolute atomic E-state index is 0.110. The van der Waals surface area contributed by atoms with Gasteiger partial charge in [-0.05, 0) is 18.1 Å². The summed E-state index contributed by atoms with van der Waals surface area (Å²) in [4.78, 5) is 18.9. The lowest BCUT2D eigenvalue weighted by molar-refractivity contribution is 0.925. The molecule has 1 aromatic carbocycles. The lowest BCUT2D eigenvalue weighted by Crippen LogP contribution is -2.10. The van der Waals surface area contributed by atoms with Crippen LogP contribution < -0.4 is 10.9 Å². The van der Waals surface area contributed by atoms with Crippen molar-refractivity contribution >= 4 is 11.5 Å². The van der Waals surface area contributed by atoms with Gasteiger partial charge in [-0.15, -0.1) is 0 Å². The highest BCUT2D eigenvalue weighted by atomic mass is 16.1. The molecule has 0 aliphatic carbocycles. The van der Waals surface area contributed by atoms with Crippen LogP contribution in [0.15, 0.2) is 65.7 Å². The highest BCUT2D eigenvalue weighted by Gasteiger charge is 2.11.